The average Bonchev–Trinajstić information content (AvgIpc) is 2.54. The number of nitro benzene ring substituents is 1. The maximum absolute atomic E-state index is 11.5. The highest BCUT2D eigenvalue weighted by Gasteiger charge is 2.04. The lowest BCUT2D eigenvalue weighted by Crippen LogP contribution is -2.24. The van der Waals surface area contributed by atoms with Crippen LogP contribution >= 0.6 is 0 Å². The topological polar surface area (TPSA) is 93.8 Å². The molecule has 0 fully saturated rings. The highest BCUT2D eigenvalue weighted by Crippen LogP contribution is 2.11. The minimum atomic E-state index is -0.496. The lowest BCUT2D eigenvalue weighted by molar-refractivity contribution is -0.384. The van der Waals surface area contributed by atoms with Crippen LogP contribution in [0.5, 0.6) is 5.75 Å². The van der Waals surface area contributed by atoms with E-state index < -0.39 is 10.8 Å². The van der Waals surface area contributed by atoms with Crippen LogP contribution < -0.4 is 10.2 Å². The molecule has 0 aliphatic carbocycles. The summed E-state index contributed by atoms with van der Waals surface area (Å²) in [5.74, 6) is 0.158. The standard InChI is InChI=1S/C15H13N3O4/c19-15(11-22-14-7-2-1-3-8-14)17-16-10-12-5-4-6-13(9-12)18(20)21/h1-10H,11H2,(H,17,19)/b16-10+. The lowest BCUT2D eigenvalue weighted by Gasteiger charge is -2.04. The smallest absolute Gasteiger partial charge is 0.277 e. The van der Waals surface area contributed by atoms with Crippen LogP contribution in [0.25, 0.3) is 0 Å². The number of carbonyl (C=O) groups excluding carboxylic acids is 1. The first-order chi connectivity index (χ1) is 10.6. The minimum absolute atomic E-state index is 0.0392. The van der Waals surface area contributed by atoms with E-state index in [4.69, 9.17) is 4.74 Å². The molecule has 0 aliphatic heterocycles. The molecule has 1 N–H and O–H groups in total. The van der Waals surface area contributed by atoms with E-state index in [1.807, 2.05) is 6.07 Å². The van der Waals surface area contributed by atoms with Crippen molar-refractivity contribution in [2.45, 2.75) is 0 Å². The number of hydrazone groups is 1. The molecule has 0 aromatic heterocycles. The van der Waals surface area contributed by atoms with E-state index in [-0.39, 0.29) is 12.3 Å². The first-order valence-electron chi connectivity index (χ1n) is 6.39. The second-order valence-corrected chi connectivity index (χ2v) is 4.25. The third kappa shape index (κ3) is 4.71. The molecule has 0 saturated heterocycles. The first kappa shape index (κ1) is 15.2. The molecule has 2 aromatic carbocycles. The fraction of sp³-hybridized carbons (Fsp3) is 0.0667. The van der Waals surface area contributed by atoms with Crippen molar-refractivity contribution in [3.8, 4) is 5.75 Å². The lowest BCUT2D eigenvalue weighted by atomic mass is 10.2. The Bertz CT molecular complexity index is 686. The molecule has 0 heterocycles. The predicted molar refractivity (Wildman–Crippen MR) is 80.8 cm³/mol. The number of ether oxygens (including phenoxy) is 1. The van der Waals surface area contributed by atoms with E-state index in [1.54, 1.807) is 36.4 Å². The fourth-order valence-corrected chi connectivity index (χ4v) is 1.60. The predicted octanol–water partition coefficient (Wildman–Crippen LogP) is 2.12. The van der Waals surface area contributed by atoms with Crippen molar-refractivity contribution in [2.75, 3.05) is 6.61 Å². The first-order valence-corrected chi connectivity index (χ1v) is 6.39. The van der Waals surface area contributed by atoms with Gasteiger partial charge in [-0.15, -0.1) is 0 Å². The summed E-state index contributed by atoms with van der Waals surface area (Å²) < 4.78 is 5.25. The van der Waals surface area contributed by atoms with Crippen LogP contribution in [0.1, 0.15) is 5.56 Å². The zero-order valence-electron chi connectivity index (χ0n) is 11.5. The molecule has 7 heteroatoms. The molecule has 0 saturated carbocycles. The van der Waals surface area contributed by atoms with Gasteiger partial charge in [0.15, 0.2) is 6.61 Å². The number of hydrogen-bond acceptors (Lipinski definition) is 5. The van der Waals surface area contributed by atoms with Gasteiger partial charge in [-0.2, -0.15) is 5.10 Å². The maximum atomic E-state index is 11.5. The zero-order chi connectivity index (χ0) is 15.8. The Labute approximate surface area is 126 Å². The Morgan fingerprint density at radius 2 is 2.00 bits per heavy atom. The fourth-order valence-electron chi connectivity index (χ4n) is 1.60. The number of nitrogens with one attached hydrogen (secondary N) is 1. The van der Waals surface area contributed by atoms with Gasteiger partial charge in [-0.25, -0.2) is 5.43 Å². The summed E-state index contributed by atoms with van der Waals surface area (Å²) in [6, 6.07) is 14.8. The molecule has 2 rings (SSSR count). The Morgan fingerprint density at radius 1 is 1.23 bits per heavy atom. The van der Waals surface area contributed by atoms with Gasteiger partial charge in [-0.1, -0.05) is 30.3 Å². The Morgan fingerprint density at radius 3 is 2.73 bits per heavy atom. The second kappa shape index (κ2) is 7.53. The van der Waals surface area contributed by atoms with Crippen LogP contribution in [0.4, 0.5) is 5.69 Å². The largest absolute Gasteiger partial charge is 0.484 e. The molecule has 22 heavy (non-hydrogen) atoms. The molecule has 0 unspecified atom stereocenters. The Hall–Kier alpha value is -3.22. The van der Waals surface area contributed by atoms with Gasteiger partial charge < -0.3 is 4.74 Å². The van der Waals surface area contributed by atoms with Gasteiger partial charge >= 0.3 is 0 Å². The van der Waals surface area contributed by atoms with E-state index >= 15 is 0 Å². The molecule has 0 atom stereocenters. The molecule has 0 bridgehead atoms. The van der Waals surface area contributed by atoms with Crippen LogP contribution in [0.2, 0.25) is 0 Å². The second-order valence-electron chi connectivity index (χ2n) is 4.25. The van der Waals surface area contributed by atoms with Crippen LogP contribution in [0, 0.1) is 10.1 Å². The van der Waals surface area contributed by atoms with Gasteiger partial charge in [-0.05, 0) is 12.1 Å². The van der Waals surface area contributed by atoms with Crippen molar-refractivity contribution < 1.29 is 14.5 Å². The number of amides is 1. The molecule has 7 nitrogen and oxygen atoms in total. The summed E-state index contributed by atoms with van der Waals surface area (Å²) in [6.45, 7) is -0.170. The van der Waals surface area contributed by atoms with E-state index in [9.17, 15) is 14.9 Å². The van der Waals surface area contributed by atoms with Crippen molar-refractivity contribution in [3.05, 3.63) is 70.3 Å². The number of para-hydroxylation sites is 1. The number of nitrogens with zero attached hydrogens (tertiary/aromatic N) is 2. The Kier molecular flexibility index (Phi) is 5.20. The maximum Gasteiger partial charge on any atom is 0.277 e. The number of benzene rings is 2. The summed E-state index contributed by atoms with van der Waals surface area (Å²) in [7, 11) is 0. The average molecular weight is 299 g/mol. The van der Waals surface area contributed by atoms with Crippen molar-refractivity contribution >= 4 is 17.8 Å². The summed E-state index contributed by atoms with van der Waals surface area (Å²) in [5, 5.41) is 14.4. The number of carbonyl (C=O) groups is 1. The number of hydrogen-bond donors (Lipinski definition) is 1. The SMILES string of the molecule is O=C(COc1ccccc1)N/N=C/c1cccc([N+](=O)[O-])c1. The molecule has 0 radical (unpaired) electrons. The molecule has 0 spiro atoms. The van der Waals surface area contributed by atoms with Crippen LogP contribution in [-0.2, 0) is 4.79 Å². The molecule has 0 aliphatic rings. The summed E-state index contributed by atoms with van der Waals surface area (Å²) in [6.07, 6.45) is 1.33. The number of rotatable bonds is 6. The van der Waals surface area contributed by atoms with E-state index in [0.717, 1.165) is 0 Å². The van der Waals surface area contributed by atoms with Gasteiger partial charge in [-0.3, -0.25) is 14.9 Å². The molecule has 2 aromatic rings. The van der Waals surface area contributed by atoms with Gasteiger partial charge in [0.25, 0.3) is 11.6 Å². The molecule has 112 valence electrons. The van der Waals surface area contributed by atoms with Crippen molar-refractivity contribution in [3.63, 3.8) is 0 Å². The zero-order valence-corrected chi connectivity index (χ0v) is 11.5. The third-order valence-electron chi connectivity index (χ3n) is 2.60. The Balaban J connectivity index is 1.83. The van der Waals surface area contributed by atoms with E-state index in [2.05, 4.69) is 10.5 Å². The summed E-state index contributed by atoms with van der Waals surface area (Å²) in [5.41, 5.74) is 2.76. The molecular weight excluding hydrogens is 286 g/mol. The number of non-ortho nitro benzene ring substituents is 1. The van der Waals surface area contributed by atoms with Gasteiger partial charge in [0, 0.05) is 17.7 Å². The van der Waals surface area contributed by atoms with E-state index in [1.165, 1.54) is 18.3 Å². The highest BCUT2D eigenvalue weighted by molar-refractivity contribution is 5.83. The monoisotopic (exact) mass is 299 g/mol. The molecular formula is C15H13N3O4. The van der Waals surface area contributed by atoms with Gasteiger partial charge in [0.2, 0.25) is 0 Å². The number of nitro groups is 1. The van der Waals surface area contributed by atoms with Crippen molar-refractivity contribution in [2.24, 2.45) is 5.10 Å². The summed E-state index contributed by atoms with van der Waals surface area (Å²) in [4.78, 5) is 21.7. The van der Waals surface area contributed by atoms with Gasteiger partial charge in [0.1, 0.15) is 5.75 Å². The van der Waals surface area contributed by atoms with Crippen LogP contribution in [0.3, 0.4) is 0 Å². The van der Waals surface area contributed by atoms with Crippen molar-refractivity contribution in [1.29, 1.82) is 0 Å². The third-order valence-corrected chi connectivity index (χ3v) is 2.60. The van der Waals surface area contributed by atoms with Crippen molar-refractivity contribution in [1.82, 2.24) is 5.43 Å². The van der Waals surface area contributed by atoms with Crippen LogP contribution in [0.15, 0.2) is 59.7 Å². The normalized spacial score (nSPS) is 10.4. The highest BCUT2D eigenvalue weighted by atomic mass is 16.6. The van der Waals surface area contributed by atoms with Gasteiger partial charge in [0.05, 0.1) is 11.1 Å². The molecule has 1 amide bonds. The summed E-state index contributed by atoms with van der Waals surface area (Å²) >= 11 is 0. The van der Waals surface area contributed by atoms with Crippen LogP contribution in [-0.4, -0.2) is 23.7 Å². The minimum Gasteiger partial charge on any atom is -0.484 e. The quantitative estimate of drug-likeness (QED) is 0.502. The van der Waals surface area contributed by atoms with E-state index in [0.29, 0.717) is 11.3 Å².